The van der Waals surface area contributed by atoms with E-state index in [4.69, 9.17) is 53.7 Å². The molecule has 0 aliphatic rings. The maximum atomic E-state index is 6.23. The van der Waals surface area contributed by atoms with Crippen molar-refractivity contribution in [3.05, 3.63) is 467 Å². The van der Waals surface area contributed by atoms with Crippen molar-refractivity contribution in [1.29, 1.82) is 0 Å². The van der Waals surface area contributed by atoms with Gasteiger partial charge in [0.1, 0.15) is 16.0 Å². The Morgan fingerprint density at radius 2 is 0.437 bits per heavy atom. The zero-order valence-corrected chi connectivity index (χ0v) is 73.5. The summed E-state index contributed by atoms with van der Waals surface area (Å²) in [6.07, 6.45) is 0. The summed E-state index contributed by atoms with van der Waals surface area (Å²) in [6, 6.07) is 161. The molecule has 26 rings (SSSR count). The molecule has 6 heterocycles. The lowest BCUT2D eigenvalue weighted by Crippen LogP contribution is -1.96. The molecule has 0 aliphatic heterocycles. The maximum absolute atomic E-state index is 6.23. The van der Waals surface area contributed by atoms with Gasteiger partial charge in [0.25, 0.3) is 0 Å². The smallest absolute Gasteiger partial charge is 0.227 e. The van der Waals surface area contributed by atoms with Crippen LogP contribution < -0.4 is 0 Å². The Bertz CT molecular complexity index is 8750. The van der Waals surface area contributed by atoms with Crippen LogP contribution in [0, 0.1) is 0 Å². The first-order chi connectivity index (χ1) is 66.8. The highest BCUT2D eigenvalue weighted by Crippen LogP contribution is 2.44. The van der Waals surface area contributed by atoms with Crippen molar-refractivity contribution >= 4 is 108 Å². The van der Waals surface area contributed by atoms with Crippen LogP contribution in [0.1, 0.15) is 0 Å². The van der Waals surface area contributed by atoms with Crippen molar-refractivity contribution in [1.82, 2.24) is 44.9 Å². The van der Waals surface area contributed by atoms with Crippen molar-refractivity contribution in [2.24, 2.45) is 0 Å². The van der Waals surface area contributed by atoms with E-state index in [-0.39, 0.29) is 0 Å². The van der Waals surface area contributed by atoms with E-state index in [1.54, 1.807) is 11.3 Å². The van der Waals surface area contributed by atoms with E-state index in [2.05, 4.69) is 279 Å². The predicted octanol–water partition coefficient (Wildman–Crippen LogP) is 32.6. The zero-order chi connectivity index (χ0) is 89.5. The molecular weight excluding hydrogens is 1670 g/mol. The molecule has 0 amide bonds. The number of aromatic nitrogens is 9. The highest BCUT2D eigenvalue weighted by Gasteiger charge is 2.22. The number of benzene rings is 20. The average molecular weight is 1750 g/mol. The molecule has 6 aromatic heterocycles. The number of hydrogen-bond donors (Lipinski definition) is 0. The van der Waals surface area contributed by atoms with E-state index in [0.717, 1.165) is 204 Å². The SMILES string of the molecule is c1ccc(-c2cc(-c3ccccc3)nc(-c3ccc(-c4ccc5c(ccc6ccc7oc(-c8ccccc8)nc7c65)c4)cc3)n2)cc1.c1ccc(-c2cc(-c3ccccc3)nc(-c3ccc(-c4ccc5ccc6ccc7oc(-c8ccccc8)nc7c6c5c4)cc3)n2)cc1.c1ccc(-c2cc(-c3ccccc3)nc(-c3ccc4ccc5ccc6sc(-c7ccccc7)nc6c5c4c3)n2)cc1. The van der Waals surface area contributed by atoms with Gasteiger partial charge in [-0.2, -0.15) is 0 Å². The molecule has 632 valence electrons. The number of oxazole rings is 2. The molecule has 0 fully saturated rings. The standard InChI is InChI=1S/2C43H27N3O.C37H23N3S/c1-4-10-30(11-5-1)37-27-38(31-12-6-2-7-13-31)45-42(44-37)33-21-16-28(17-22-33)35-23-19-29-18-20-32-24-25-39-41(40(32)36(29)26-35)46-43(47-39)34-14-8-3-9-15-34;1-4-10-29(11-5-1)37-27-38(30-12-6-2-7-13-30)45-42(44-37)32-19-16-28(17-20-32)34-22-24-36-35(26-34)21-18-31-23-25-39-41(40(31)36)46-43(47-39)33-14-8-3-9-15-33;1-4-10-25(11-5-1)31-23-32(26-12-6-2-7-13-26)39-36(38-31)29-19-17-24-16-18-27-20-21-33-35(34(27)30(24)22-29)40-37(41-33)28-14-8-3-9-15-28/h2*1-27H;1-23H. The highest BCUT2D eigenvalue weighted by atomic mass is 32.1. The van der Waals surface area contributed by atoms with E-state index in [9.17, 15) is 0 Å². The van der Waals surface area contributed by atoms with Crippen LogP contribution in [0.3, 0.4) is 0 Å². The molecule has 20 aromatic carbocycles. The zero-order valence-electron chi connectivity index (χ0n) is 72.7. The first kappa shape index (κ1) is 80.4. The van der Waals surface area contributed by atoms with E-state index in [1.165, 1.54) is 20.9 Å². The van der Waals surface area contributed by atoms with Gasteiger partial charge in [0, 0.05) is 82.9 Å². The van der Waals surface area contributed by atoms with E-state index < -0.39 is 0 Å². The second kappa shape index (κ2) is 35.1. The summed E-state index contributed by atoms with van der Waals surface area (Å²) < 4.78 is 13.6. The molecule has 0 saturated carbocycles. The third kappa shape index (κ3) is 16.0. The number of rotatable bonds is 14. The minimum atomic E-state index is 0.630. The molecule has 0 radical (unpaired) electrons. The number of nitrogens with zero attached hydrogens (tertiary/aromatic N) is 9. The largest absolute Gasteiger partial charge is 0.436 e. The molecule has 26 aromatic rings. The van der Waals surface area contributed by atoms with Gasteiger partial charge in [0.05, 0.1) is 44.4 Å². The normalized spacial score (nSPS) is 11.4. The third-order valence-electron chi connectivity index (χ3n) is 24.9. The molecule has 0 spiro atoms. The number of hydrogen-bond acceptors (Lipinski definition) is 12. The van der Waals surface area contributed by atoms with Gasteiger partial charge in [-0.25, -0.2) is 44.9 Å². The van der Waals surface area contributed by atoms with Gasteiger partial charge in [-0.15, -0.1) is 11.3 Å². The Kier molecular flexibility index (Phi) is 20.9. The van der Waals surface area contributed by atoms with Crippen molar-refractivity contribution < 1.29 is 8.83 Å². The molecule has 0 aliphatic carbocycles. The van der Waals surface area contributed by atoms with Crippen molar-refractivity contribution in [2.75, 3.05) is 0 Å². The van der Waals surface area contributed by atoms with Crippen molar-refractivity contribution in [2.45, 2.75) is 0 Å². The molecule has 0 atom stereocenters. The van der Waals surface area contributed by atoms with Crippen LogP contribution in [0.2, 0.25) is 0 Å². The minimum Gasteiger partial charge on any atom is -0.436 e. The van der Waals surface area contributed by atoms with Crippen LogP contribution >= 0.6 is 11.3 Å². The Hall–Kier alpha value is -18.0. The Balaban J connectivity index is 0.000000111. The summed E-state index contributed by atoms with van der Waals surface area (Å²) in [6.45, 7) is 0. The topological polar surface area (TPSA) is 142 Å². The van der Waals surface area contributed by atoms with Crippen molar-refractivity contribution in [3.63, 3.8) is 0 Å². The summed E-state index contributed by atoms with van der Waals surface area (Å²) in [7, 11) is 0. The summed E-state index contributed by atoms with van der Waals surface area (Å²) in [5.41, 5.74) is 26.7. The van der Waals surface area contributed by atoms with Gasteiger partial charge in [0.15, 0.2) is 28.6 Å². The fourth-order valence-corrected chi connectivity index (χ4v) is 19.1. The lowest BCUT2D eigenvalue weighted by molar-refractivity contribution is 0.619. The van der Waals surface area contributed by atoms with Crippen molar-refractivity contribution in [3.8, 4) is 157 Å². The molecule has 11 nitrogen and oxygen atoms in total. The Morgan fingerprint density at radius 3 is 0.830 bits per heavy atom. The minimum absolute atomic E-state index is 0.630. The number of thiazole rings is 1. The molecule has 0 saturated heterocycles. The van der Waals surface area contributed by atoms with Gasteiger partial charge in [0.2, 0.25) is 11.8 Å². The van der Waals surface area contributed by atoms with Gasteiger partial charge in [-0.1, -0.05) is 388 Å². The van der Waals surface area contributed by atoms with Gasteiger partial charge in [-0.05, 0) is 150 Å². The molecule has 0 bridgehead atoms. The average Bonchev–Trinajstić information content (AvgIpc) is 1.67. The lowest BCUT2D eigenvalue weighted by Gasteiger charge is -2.11. The summed E-state index contributed by atoms with van der Waals surface area (Å²) in [5, 5.41) is 14.8. The van der Waals surface area contributed by atoms with Gasteiger partial charge in [-0.3, -0.25) is 0 Å². The van der Waals surface area contributed by atoms with Crippen LogP contribution in [-0.2, 0) is 0 Å². The van der Waals surface area contributed by atoms with Crippen LogP contribution in [0.5, 0.6) is 0 Å². The van der Waals surface area contributed by atoms with Gasteiger partial charge >= 0.3 is 0 Å². The van der Waals surface area contributed by atoms with E-state index >= 15 is 0 Å². The Labute approximate surface area is 781 Å². The predicted molar refractivity (Wildman–Crippen MR) is 556 cm³/mol. The lowest BCUT2D eigenvalue weighted by atomic mass is 9.96. The summed E-state index contributed by atoms with van der Waals surface area (Å²) in [4.78, 5) is 45.2. The second-order valence-corrected chi connectivity index (χ2v) is 34.5. The molecule has 12 heteroatoms. The summed E-state index contributed by atoms with van der Waals surface area (Å²) in [5.74, 6) is 3.37. The quantitative estimate of drug-likeness (QED) is 0.0960. The highest BCUT2D eigenvalue weighted by molar-refractivity contribution is 7.21. The van der Waals surface area contributed by atoms with Crippen LogP contribution in [0.15, 0.2) is 476 Å². The molecule has 135 heavy (non-hydrogen) atoms. The molecular formula is C123H77N9O2S. The van der Waals surface area contributed by atoms with E-state index in [1.807, 2.05) is 188 Å². The van der Waals surface area contributed by atoms with Crippen LogP contribution in [-0.4, -0.2) is 44.9 Å². The first-order valence-corrected chi connectivity index (χ1v) is 45.8. The number of fused-ring (bicyclic) bond motifs is 15. The third-order valence-corrected chi connectivity index (χ3v) is 26.0. The maximum Gasteiger partial charge on any atom is 0.227 e. The summed E-state index contributed by atoms with van der Waals surface area (Å²) >= 11 is 1.74. The Morgan fingerprint density at radius 1 is 0.163 bits per heavy atom. The fourth-order valence-electron chi connectivity index (χ4n) is 18.1. The van der Waals surface area contributed by atoms with E-state index in [0.29, 0.717) is 29.3 Å². The van der Waals surface area contributed by atoms with Crippen LogP contribution in [0.25, 0.3) is 254 Å². The molecule has 0 unspecified atom stereocenters. The second-order valence-electron chi connectivity index (χ2n) is 33.4. The van der Waals surface area contributed by atoms with Gasteiger partial charge < -0.3 is 8.83 Å². The first-order valence-electron chi connectivity index (χ1n) is 45.0. The fraction of sp³-hybridized carbons (Fsp3) is 0. The monoisotopic (exact) mass is 1740 g/mol. The van der Waals surface area contributed by atoms with Crippen LogP contribution in [0.4, 0.5) is 0 Å². The molecule has 0 N–H and O–H groups in total.